The summed E-state index contributed by atoms with van der Waals surface area (Å²) in [7, 11) is -0.951. The zero-order valence-electron chi connectivity index (χ0n) is 45.0. The highest BCUT2D eigenvalue weighted by molar-refractivity contribution is 7.68. The van der Waals surface area contributed by atoms with Gasteiger partial charge in [0.25, 0.3) is 0 Å². The Kier molecular flexibility index (Phi) is 12.4. The Bertz CT molecular complexity index is 3690. The van der Waals surface area contributed by atoms with Crippen molar-refractivity contribution in [3.8, 4) is 56.0 Å². The molecule has 0 amide bonds. The average Bonchev–Trinajstić information content (AvgIpc) is 3.95. The SMILES string of the molecule is Cc1cc(C)c(-c2c3ccccc3c(-c3cccc4c3P(C(C)(C)C)C(C)O4)c3ccccc23)c(C)c1.Cc1cc(C)c(-c2c3ccccc3c(-c3cccc4c3P(C(C)(C)C)CO4)c3ccccc23)c(C)c1. The van der Waals surface area contributed by atoms with Gasteiger partial charge in [0.2, 0.25) is 0 Å². The summed E-state index contributed by atoms with van der Waals surface area (Å²) in [5.74, 6) is 2.34. The molecule has 10 aromatic rings. The Morgan fingerprint density at radius 1 is 0.384 bits per heavy atom. The van der Waals surface area contributed by atoms with Gasteiger partial charge in [-0.2, -0.15) is 0 Å². The van der Waals surface area contributed by atoms with Gasteiger partial charge in [-0.05, 0) is 197 Å². The molecular weight excluding hydrogens is 923 g/mol. The van der Waals surface area contributed by atoms with E-state index in [9.17, 15) is 0 Å². The topological polar surface area (TPSA) is 18.5 Å². The number of aryl methyl sites for hydroxylation is 6. The summed E-state index contributed by atoms with van der Waals surface area (Å²) in [4.78, 5) is 0. The summed E-state index contributed by atoms with van der Waals surface area (Å²) in [5.41, 5.74) is 18.7. The van der Waals surface area contributed by atoms with Gasteiger partial charge in [-0.3, -0.25) is 0 Å². The summed E-state index contributed by atoms with van der Waals surface area (Å²) >= 11 is 0. The van der Waals surface area contributed by atoms with Crippen LogP contribution in [0.5, 0.6) is 11.5 Å². The molecule has 0 N–H and O–H groups in total. The molecule has 0 aliphatic carbocycles. The van der Waals surface area contributed by atoms with E-state index in [1.807, 2.05) is 0 Å². The molecule has 2 aliphatic heterocycles. The highest BCUT2D eigenvalue weighted by atomic mass is 31.1. The first-order valence-corrected chi connectivity index (χ1v) is 29.0. The molecule has 10 aromatic carbocycles. The lowest BCUT2D eigenvalue weighted by Gasteiger charge is -2.31. The molecule has 2 aliphatic rings. The number of hydrogen-bond acceptors (Lipinski definition) is 2. The molecule has 3 unspecified atom stereocenters. The van der Waals surface area contributed by atoms with Crippen LogP contribution >= 0.6 is 15.8 Å². The van der Waals surface area contributed by atoms with Crippen LogP contribution in [0, 0.1) is 41.5 Å². The summed E-state index contributed by atoms with van der Waals surface area (Å²) in [6.45, 7) is 29.8. The van der Waals surface area contributed by atoms with Crippen LogP contribution in [-0.4, -0.2) is 22.5 Å². The molecule has 0 radical (unpaired) electrons. The second-order valence-corrected chi connectivity index (χ2v) is 28.8. The fourth-order valence-electron chi connectivity index (χ4n) is 12.7. The van der Waals surface area contributed by atoms with Gasteiger partial charge in [0, 0.05) is 10.6 Å². The van der Waals surface area contributed by atoms with Crippen LogP contribution in [0.2, 0.25) is 0 Å². The molecule has 0 saturated heterocycles. The molecule has 0 saturated carbocycles. The maximum Gasteiger partial charge on any atom is 0.128 e. The minimum absolute atomic E-state index is 0.151. The van der Waals surface area contributed by atoms with Crippen molar-refractivity contribution >= 4 is 69.5 Å². The van der Waals surface area contributed by atoms with Gasteiger partial charge in [-0.15, -0.1) is 0 Å². The number of hydrogen-bond donors (Lipinski definition) is 0. The Morgan fingerprint density at radius 2 is 0.726 bits per heavy atom. The van der Waals surface area contributed by atoms with Crippen molar-refractivity contribution in [1.29, 1.82) is 0 Å². The summed E-state index contributed by atoms with van der Waals surface area (Å²) < 4.78 is 12.8. The van der Waals surface area contributed by atoms with Crippen molar-refractivity contribution in [2.24, 2.45) is 0 Å². The molecule has 0 aromatic heterocycles. The van der Waals surface area contributed by atoms with Gasteiger partial charge in [-0.25, -0.2) is 0 Å². The molecular formula is C69H68O2P2. The number of fused-ring (bicyclic) bond motifs is 6. The predicted molar refractivity (Wildman–Crippen MR) is 321 cm³/mol. The van der Waals surface area contributed by atoms with E-state index in [0.29, 0.717) is 0 Å². The third-order valence-electron chi connectivity index (χ3n) is 15.3. The lowest BCUT2D eigenvalue weighted by molar-refractivity contribution is 0.313. The van der Waals surface area contributed by atoms with Crippen molar-refractivity contribution in [3.63, 3.8) is 0 Å². The van der Waals surface area contributed by atoms with Crippen molar-refractivity contribution in [2.45, 2.75) is 106 Å². The zero-order valence-corrected chi connectivity index (χ0v) is 46.8. The summed E-state index contributed by atoms with van der Waals surface area (Å²) in [5, 5.41) is 13.7. The van der Waals surface area contributed by atoms with Gasteiger partial charge in [0.1, 0.15) is 23.7 Å². The summed E-state index contributed by atoms with van der Waals surface area (Å²) in [6, 6.07) is 58.6. The van der Waals surface area contributed by atoms with E-state index in [2.05, 4.69) is 248 Å². The average molecular weight is 991 g/mol. The fourth-order valence-corrected chi connectivity index (χ4v) is 18.2. The van der Waals surface area contributed by atoms with Crippen LogP contribution < -0.4 is 20.1 Å². The van der Waals surface area contributed by atoms with Crippen LogP contribution in [-0.2, 0) is 0 Å². The standard InChI is InChI=1S/C35H35OP.C34H33OP/c1-21-19-22(2)31(23(3)20-21)33-27-15-10-8-13-25(27)32(26-14-9-11-16-28(26)33)29-17-12-18-30-34(29)37(24(4)36-30)35(5,6)7;1-21-18-22(2)30(23(3)19-21)32-26-14-9-7-12-24(26)31(25-13-8-10-15-27(25)32)28-16-11-17-29-33(28)36(20-35-29)34(4,5)6/h8-20,24H,1-7H3;7-19H,20H2,1-6H3. The normalized spacial score (nSPS) is 16.3. The van der Waals surface area contributed by atoms with Crippen LogP contribution in [0.25, 0.3) is 87.6 Å². The van der Waals surface area contributed by atoms with Crippen molar-refractivity contribution in [2.75, 3.05) is 6.35 Å². The van der Waals surface area contributed by atoms with Crippen LogP contribution in [0.15, 0.2) is 158 Å². The number of ether oxygens (including phenoxy) is 2. The number of rotatable bonds is 4. The highest BCUT2D eigenvalue weighted by Gasteiger charge is 2.41. The van der Waals surface area contributed by atoms with Gasteiger partial charge in [0.05, 0.1) is 0 Å². The lowest BCUT2D eigenvalue weighted by Crippen LogP contribution is -2.22. The minimum Gasteiger partial charge on any atom is -0.488 e. The molecule has 0 fully saturated rings. The van der Waals surface area contributed by atoms with Crippen molar-refractivity contribution < 1.29 is 9.47 Å². The quantitative estimate of drug-likeness (QED) is 0.129. The smallest absolute Gasteiger partial charge is 0.128 e. The predicted octanol–water partition coefficient (Wildman–Crippen LogP) is 19.4. The van der Waals surface area contributed by atoms with E-state index < -0.39 is 15.8 Å². The van der Waals surface area contributed by atoms with E-state index >= 15 is 0 Å². The molecule has 3 atom stereocenters. The molecule has 73 heavy (non-hydrogen) atoms. The van der Waals surface area contributed by atoms with E-state index in [4.69, 9.17) is 9.47 Å². The first-order chi connectivity index (χ1) is 34.9. The maximum absolute atomic E-state index is 6.50. The van der Waals surface area contributed by atoms with E-state index in [0.717, 1.165) is 17.8 Å². The van der Waals surface area contributed by atoms with E-state index in [1.54, 1.807) is 0 Å². The lowest BCUT2D eigenvalue weighted by atomic mass is 9.83. The van der Waals surface area contributed by atoms with Crippen LogP contribution in [0.3, 0.4) is 0 Å². The first-order valence-electron chi connectivity index (χ1n) is 26.1. The van der Waals surface area contributed by atoms with E-state index in [1.165, 1.54) is 132 Å². The Hall–Kier alpha value is -6.30. The van der Waals surface area contributed by atoms with Gasteiger partial charge in [-0.1, -0.05) is 198 Å². The minimum atomic E-state index is -0.506. The zero-order chi connectivity index (χ0) is 51.2. The highest BCUT2D eigenvalue weighted by Crippen LogP contribution is 2.61. The third kappa shape index (κ3) is 8.35. The number of benzene rings is 10. The Balaban J connectivity index is 0.000000157. The van der Waals surface area contributed by atoms with Crippen molar-refractivity contribution in [1.82, 2.24) is 0 Å². The summed E-state index contributed by atoms with van der Waals surface area (Å²) in [6.07, 6.45) is 0.806. The molecule has 2 nitrogen and oxygen atoms in total. The van der Waals surface area contributed by atoms with Gasteiger partial charge in [0.15, 0.2) is 0 Å². The maximum atomic E-state index is 6.50. The van der Waals surface area contributed by atoms with Crippen LogP contribution in [0.4, 0.5) is 0 Å². The van der Waals surface area contributed by atoms with Crippen molar-refractivity contribution in [3.05, 3.63) is 191 Å². The third-order valence-corrected chi connectivity index (χ3v) is 21.5. The largest absolute Gasteiger partial charge is 0.488 e. The monoisotopic (exact) mass is 990 g/mol. The molecule has 366 valence electrons. The Morgan fingerprint density at radius 3 is 1.08 bits per heavy atom. The Labute approximate surface area is 436 Å². The fraction of sp³-hybridized carbons (Fsp3) is 0.246. The first kappa shape index (κ1) is 48.9. The second kappa shape index (κ2) is 18.6. The van der Waals surface area contributed by atoms with Gasteiger partial charge >= 0.3 is 0 Å². The molecule has 4 heteroatoms. The van der Waals surface area contributed by atoms with E-state index in [-0.39, 0.29) is 16.2 Å². The van der Waals surface area contributed by atoms with Gasteiger partial charge < -0.3 is 9.47 Å². The molecule has 0 bridgehead atoms. The second-order valence-electron chi connectivity index (χ2n) is 22.7. The van der Waals surface area contributed by atoms with Crippen LogP contribution in [0.1, 0.15) is 81.8 Å². The molecule has 12 rings (SSSR count). The molecule has 2 heterocycles. The molecule has 0 spiro atoms.